The van der Waals surface area contributed by atoms with E-state index in [0.29, 0.717) is 12.1 Å². The predicted octanol–water partition coefficient (Wildman–Crippen LogP) is 3.24. The molecule has 0 aliphatic heterocycles. The molecular formula is C16H25NO4. The molecule has 1 aliphatic carbocycles. The highest BCUT2D eigenvalue weighted by Gasteiger charge is 2.34. The minimum absolute atomic E-state index is 0.156. The van der Waals surface area contributed by atoms with E-state index >= 15 is 0 Å². The van der Waals surface area contributed by atoms with E-state index in [9.17, 15) is 9.59 Å². The van der Waals surface area contributed by atoms with Crippen molar-refractivity contribution in [2.45, 2.75) is 52.9 Å². The highest BCUT2D eigenvalue weighted by molar-refractivity contribution is 5.98. The van der Waals surface area contributed by atoms with Crippen molar-refractivity contribution >= 4 is 17.7 Å². The second-order valence-electron chi connectivity index (χ2n) is 5.51. The van der Waals surface area contributed by atoms with Crippen LogP contribution in [0.25, 0.3) is 0 Å². The summed E-state index contributed by atoms with van der Waals surface area (Å²) in [5.41, 5.74) is 1.63. The van der Waals surface area contributed by atoms with Crippen LogP contribution >= 0.6 is 0 Å². The van der Waals surface area contributed by atoms with Crippen molar-refractivity contribution in [3.8, 4) is 0 Å². The summed E-state index contributed by atoms with van der Waals surface area (Å²) in [5, 5.41) is 3.87. The Hall–Kier alpha value is -1.65. The van der Waals surface area contributed by atoms with Gasteiger partial charge in [0.2, 0.25) is 0 Å². The maximum atomic E-state index is 12.0. The van der Waals surface area contributed by atoms with Crippen LogP contribution in [0, 0.1) is 11.8 Å². The van der Waals surface area contributed by atoms with Gasteiger partial charge < -0.3 is 9.57 Å². The number of carbonyl (C=O) groups excluding carboxylic acids is 2. The minimum atomic E-state index is -0.439. The highest BCUT2D eigenvalue weighted by Crippen LogP contribution is 2.34. The Morgan fingerprint density at radius 2 is 2.10 bits per heavy atom. The first-order valence-electron chi connectivity index (χ1n) is 7.50. The van der Waals surface area contributed by atoms with Crippen molar-refractivity contribution < 1.29 is 19.2 Å². The average Bonchev–Trinajstić information content (AvgIpc) is 2.44. The summed E-state index contributed by atoms with van der Waals surface area (Å²) in [7, 11) is 1.42. The van der Waals surface area contributed by atoms with Gasteiger partial charge >= 0.3 is 11.9 Å². The van der Waals surface area contributed by atoms with Crippen LogP contribution in [0.5, 0.6) is 0 Å². The van der Waals surface area contributed by atoms with Gasteiger partial charge in [0.05, 0.1) is 18.7 Å². The molecule has 0 unspecified atom stereocenters. The van der Waals surface area contributed by atoms with Crippen LogP contribution in [0.3, 0.4) is 0 Å². The molecule has 5 heteroatoms. The van der Waals surface area contributed by atoms with Gasteiger partial charge in [0.25, 0.3) is 0 Å². The van der Waals surface area contributed by atoms with E-state index in [4.69, 9.17) is 9.57 Å². The summed E-state index contributed by atoms with van der Waals surface area (Å²) >= 11 is 0. The number of oxime groups is 1. The number of nitrogens with zero attached hydrogens (tertiary/aromatic N) is 1. The standard InChI is InChI=1S/C16H25NO4/c1-5-6-7-8-13-10-14(17-21-12(3)18)9-11(2)15(13)16(19)20-4/h9,13,15H,5-8,10H2,1-4H3/b17-14+/t13-,15+/m1/s1. The van der Waals surface area contributed by atoms with E-state index in [1.165, 1.54) is 14.0 Å². The number of rotatable bonds is 6. The van der Waals surface area contributed by atoms with E-state index in [2.05, 4.69) is 12.1 Å². The molecule has 0 spiro atoms. The molecule has 0 fully saturated rings. The molecule has 0 bridgehead atoms. The fourth-order valence-corrected chi connectivity index (χ4v) is 2.79. The molecule has 0 aromatic heterocycles. The third-order valence-electron chi connectivity index (χ3n) is 3.75. The second kappa shape index (κ2) is 8.60. The van der Waals surface area contributed by atoms with Crippen LogP contribution in [0.1, 0.15) is 52.9 Å². The lowest BCUT2D eigenvalue weighted by Crippen LogP contribution is -2.31. The zero-order chi connectivity index (χ0) is 15.8. The van der Waals surface area contributed by atoms with Gasteiger partial charge in [-0.05, 0) is 31.8 Å². The van der Waals surface area contributed by atoms with Crippen molar-refractivity contribution in [2.24, 2.45) is 17.0 Å². The highest BCUT2D eigenvalue weighted by atomic mass is 16.7. The van der Waals surface area contributed by atoms with Gasteiger partial charge in [-0.15, -0.1) is 0 Å². The van der Waals surface area contributed by atoms with Crippen LogP contribution < -0.4 is 0 Å². The van der Waals surface area contributed by atoms with Gasteiger partial charge in [-0.1, -0.05) is 36.9 Å². The quantitative estimate of drug-likeness (QED) is 0.326. The molecule has 2 atom stereocenters. The SMILES string of the molecule is CCCCC[C@@H]1C/C(=N/OC(C)=O)C=C(C)[C@@H]1C(=O)OC. The molecule has 21 heavy (non-hydrogen) atoms. The number of ether oxygens (including phenoxy) is 1. The van der Waals surface area contributed by atoms with E-state index in [1.54, 1.807) is 0 Å². The molecule has 0 amide bonds. The summed E-state index contributed by atoms with van der Waals surface area (Å²) < 4.78 is 4.93. The molecule has 0 heterocycles. The van der Waals surface area contributed by atoms with E-state index in [1.807, 2.05) is 13.0 Å². The van der Waals surface area contributed by atoms with Gasteiger partial charge in [-0.2, -0.15) is 0 Å². The predicted molar refractivity (Wildman–Crippen MR) is 80.7 cm³/mol. The monoisotopic (exact) mass is 295 g/mol. The second-order valence-corrected chi connectivity index (χ2v) is 5.51. The Morgan fingerprint density at radius 1 is 1.38 bits per heavy atom. The Morgan fingerprint density at radius 3 is 2.67 bits per heavy atom. The van der Waals surface area contributed by atoms with Gasteiger partial charge in [-0.3, -0.25) is 4.79 Å². The van der Waals surface area contributed by atoms with Crippen molar-refractivity contribution in [3.05, 3.63) is 11.6 Å². The Kier molecular flexibility index (Phi) is 7.12. The Labute approximate surface area is 126 Å². The number of hydrogen-bond acceptors (Lipinski definition) is 5. The molecule has 0 saturated heterocycles. The van der Waals surface area contributed by atoms with Gasteiger partial charge in [0, 0.05) is 6.92 Å². The molecular weight excluding hydrogens is 270 g/mol. The summed E-state index contributed by atoms with van der Waals surface area (Å²) in [6, 6.07) is 0. The third-order valence-corrected chi connectivity index (χ3v) is 3.75. The van der Waals surface area contributed by atoms with Gasteiger partial charge in [0.15, 0.2) is 0 Å². The van der Waals surface area contributed by atoms with E-state index in [-0.39, 0.29) is 17.8 Å². The van der Waals surface area contributed by atoms with Gasteiger partial charge in [0.1, 0.15) is 0 Å². The zero-order valence-corrected chi connectivity index (χ0v) is 13.3. The molecule has 0 N–H and O–H groups in total. The topological polar surface area (TPSA) is 65.0 Å². The number of allylic oxidation sites excluding steroid dienone is 1. The lowest BCUT2D eigenvalue weighted by atomic mass is 9.75. The summed E-state index contributed by atoms with van der Waals surface area (Å²) in [6.07, 6.45) is 6.75. The number of methoxy groups -OCH3 is 1. The first-order valence-corrected chi connectivity index (χ1v) is 7.50. The summed E-state index contributed by atoms with van der Waals surface area (Å²) in [6.45, 7) is 5.37. The van der Waals surface area contributed by atoms with Gasteiger partial charge in [-0.25, -0.2) is 4.79 Å². The fraction of sp³-hybridized carbons (Fsp3) is 0.688. The molecule has 0 radical (unpaired) electrons. The fourth-order valence-electron chi connectivity index (χ4n) is 2.79. The first-order chi connectivity index (χ1) is 9.99. The van der Waals surface area contributed by atoms with E-state index in [0.717, 1.165) is 31.3 Å². The molecule has 1 aliphatic rings. The van der Waals surface area contributed by atoms with Crippen LogP contribution in [0.4, 0.5) is 0 Å². The molecule has 118 valence electrons. The summed E-state index contributed by atoms with van der Waals surface area (Å²) in [5.74, 6) is -0.700. The smallest absolute Gasteiger partial charge is 0.331 e. The van der Waals surface area contributed by atoms with Crippen LogP contribution in [-0.4, -0.2) is 24.8 Å². The number of esters is 1. The van der Waals surface area contributed by atoms with Crippen molar-refractivity contribution in [1.29, 1.82) is 0 Å². The molecule has 0 saturated carbocycles. The Bertz CT molecular complexity index is 440. The average molecular weight is 295 g/mol. The number of carbonyl (C=O) groups is 2. The van der Waals surface area contributed by atoms with Crippen LogP contribution in [0.15, 0.2) is 16.8 Å². The largest absolute Gasteiger partial charge is 0.469 e. The van der Waals surface area contributed by atoms with Crippen molar-refractivity contribution in [1.82, 2.24) is 0 Å². The third kappa shape index (κ3) is 5.33. The van der Waals surface area contributed by atoms with Crippen LogP contribution in [-0.2, 0) is 19.2 Å². The zero-order valence-electron chi connectivity index (χ0n) is 13.3. The van der Waals surface area contributed by atoms with Crippen molar-refractivity contribution in [3.63, 3.8) is 0 Å². The molecule has 0 aromatic carbocycles. The normalized spacial score (nSPS) is 23.6. The van der Waals surface area contributed by atoms with Crippen molar-refractivity contribution in [2.75, 3.05) is 7.11 Å². The van der Waals surface area contributed by atoms with Crippen LogP contribution in [0.2, 0.25) is 0 Å². The minimum Gasteiger partial charge on any atom is -0.469 e. The molecule has 5 nitrogen and oxygen atoms in total. The summed E-state index contributed by atoms with van der Waals surface area (Å²) in [4.78, 5) is 27.6. The molecule has 1 rings (SSSR count). The number of unbranched alkanes of at least 4 members (excludes halogenated alkanes) is 2. The number of hydrogen-bond donors (Lipinski definition) is 0. The lowest BCUT2D eigenvalue weighted by Gasteiger charge is -2.29. The first kappa shape index (κ1) is 17.4. The Balaban J connectivity index is 2.89. The molecule has 0 aromatic rings. The maximum Gasteiger partial charge on any atom is 0.331 e. The van der Waals surface area contributed by atoms with E-state index < -0.39 is 5.97 Å². The maximum absolute atomic E-state index is 12.0. The lowest BCUT2D eigenvalue weighted by molar-refractivity contribution is -0.146.